The lowest BCUT2D eigenvalue weighted by Crippen LogP contribution is -2.32. The van der Waals surface area contributed by atoms with Crippen LogP contribution in [0.4, 0.5) is 11.4 Å². The van der Waals surface area contributed by atoms with E-state index in [1.54, 1.807) is 12.1 Å². The summed E-state index contributed by atoms with van der Waals surface area (Å²) >= 11 is 0. The van der Waals surface area contributed by atoms with Gasteiger partial charge in [0, 0.05) is 30.1 Å². The Balaban J connectivity index is 1.52. The standard InChI is InChI=1S/C16H18N6O3/c23-16(20-11-2-3-11)10-1-5-13(14(7-10)22(24)25)19-12-4-6-15-17-9-18-21(15)8-12/h1,5,7,9,11-12,19H,2-4,6,8H2,(H,20,23). The molecule has 2 aliphatic rings. The maximum atomic E-state index is 12.1. The molecule has 1 saturated carbocycles. The fourth-order valence-electron chi connectivity index (χ4n) is 3.02. The lowest BCUT2D eigenvalue weighted by atomic mass is 10.1. The number of hydrogen-bond acceptors (Lipinski definition) is 6. The van der Waals surface area contributed by atoms with Gasteiger partial charge < -0.3 is 10.6 Å². The van der Waals surface area contributed by atoms with Crippen LogP contribution in [-0.4, -0.2) is 37.7 Å². The second kappa shape index (κ2) is 6.15. The van der Waals surface area contributed by atoms with Crippen molar-refractivity contribution in [3.63, 3.8) is 0 Å². The summed E-state index contributed by atoms with van der Waals surface area (Å²) in [7, 11) is 0. The lowest BCUT2D eigenvalue weighted by Gasteiger charge is -2.24. The number of carbonyl (C=O) groups excluding carboxylic acids is 1. The third-order valence-electron chi connectivity index (χ3n) is 4.53. The third kappa shape index (κ3) is 3.30. The molecule has 0 saturated heterocycles. The van der Waals surface area contributed by atoms with E-state index < -0.39 is 4.92 Å². The fraction of sp³-hybridized carbons (Fsp3) is 0.438. The minimum Gasteiger partial charge on any atom is -0.375 e. The Morgan fingerprint density at radius 2 is 2.12 bits per heavy atom. The van der Waals surface area contributed by atoms with Crippen molar-refractivity contribution >= 4 is 17.3 Å². The van der Waals surface area contributed by atoms with Gasteiger partial charge in [-0.25, -0.2) is 9.67 Å². The summed E-state index contributed by atoms with van der Waals surface area (Å²) in [4.78, 5) is 27.3. The van der Waals surface area contributed by atoms with Gasteiger partial charge in [0.25, 0.3) is 11.6 Å². The predicted molar refractivity (Wildman–Crippen MR) is 89.3 cm³/mol. The van der Waals surface area contributed by atoms with Gasteiger partial charge in [-0.1, -0.05) is 0 Å². The SMILES string of the molecule is O=C(NC1CC1)c1ccc(NC2CCc3ncnn3C2)c([N+](=O)[O-])c1. The average molecular weight is 342 g/mol. The molecular weight excluding hydrogens is 324 g/mol. The van der Waals surface area contributed by atoms with Crippen LogP contribution in [0.5, 0.6) is 0 Å². The van der Waals surface area contributed by atoms with Crippen molar-refractivity contribution in [3.8, 4) is 0 Å². The number of aryl methyl sites for hydroxylation is 1. The van der Waals surface area contributed by atoms with E-state index in [-0.39, 0.29) is 23.7 Å². The highest BCUT2D eigenvalue weighted by molar-refractivity contribution is 5.96. The van der Waals surface area contributed by atoms with Gasteiger partial charge in [-0.2, -0.15) is 5.10 Å². The van der Waals surface area contributed by atoms with Gasteiger partial charge >= 0.3 is 0 Å². The van der Waals surface area contributed by atoms with Crippen molar-refractivity contribution in [1.29, 1.82) is 0 Å². The molecule has 1 aliphatic carbocycles. The Bertz CT molecular complexity index is 829. The van der Waals surface area contributed by atoms with E-state index in [1.807, 2.05) is 4.68 Å². The van der Waals surface area contributed by atoms with E-state index in [1.165, 1.54) is 12.4 Å². The molecule has 9 nitrogen and oxygen atoms in total. The molecule has 1 aromatic carbocycles. The van der Waals surface area contributed by atoms with Crippen molar-refractivity contribution in [2.45, 2.75) is 44.3 Å². The summed E-state index contributed by atoms with van der Waals surface area (Å²) < 4.78 is 1.81. The number of hydrogen-bond donors (Lipinski definition) is 2. The molecule has 2 aromatic rings. The van der Waals surface area contributed by atoms with Gasteiger partial charge in [-0.05, 0) is 31.4 Å². The number of nitrogens with one attached hydrogen (secondary N) is 2. The molecule has 0 bridgehead atoms. The van der Waals surface area contributed by atoms with Crippen molar-refractivity contribution in [1.82, 2.24) is 20.1 Å². The smallest absolute Gasteiger partial charge is 0.293 e. The number of amides is 1. The van der Waals surface area contributed by atoms with E-state index in [0.29, 0.717) is 17.8 Å². The number of benzene rings is 1. The Labute approximate surface area is 143 Å². The monoisotopic (exact) mass is 342 g/mol. The molecule has 9 heteroatoms. The molecule has 4 rings (SSSR count). The van der Waals surface area contributed by atoms with E-state index in [2.05, 4.69) is 20.7 Å². The molecular formula is C16H18N6O3. The maximum Gasteiger partial charge on any atom is 0.293 e. The molecule has 0 radical (unpaired) electrons. The summed E-state index contributed by atoms with van der Waals surface area (Å²) in [6, 6.07) is 4.81. The van der Waals surface area contributed by atoms with Crippen LogP contribution in [-0.2, 0) is 13.0 Å². The van der Waals surface area contributed by atoms with Crippen LogP contribution in [0.15, 0.2) is 24.5 Å². The van der Waals surface area contributed by atoms with Gasteiger partial charge in [-0.3, -0.25) is 14.9 Å². The van der Waals surface area contributed by atoms with Crippen LogP contribution in [0.25, 0.3) is 0 Å². The molecule has 25 heavy (non-hydrogen) atoms. The third-order valence-corrected chi connectivity index (χ3v) is 4.53. The Morgan fingerprint density at radius 1 is 1.28 bits per heavy atom. The van der Waals surface area contributed by atoms with Crippen molar-refractivity contribution < 1.29 is 9.72 Å². The Hall–Kier alpha value is -2.97. The molecule has 1 unspecified atom stereocenters. The van der Waals surface area contributed by atoms with Gasteiger partial charge in [0.1, 0.15) is 17.8 Å². The zero-order valence-corrected chi connectivity index (χ0v) is 13.5. The molecule has 1 aromatic heterocycles. The second-order valence-electron chi connectivity index (χ2n) is 6.48. The van der Waals surface area contributed by atoms with Crippen molar-refractivity contribution in [3.05, 3.63) is 46.0 Å². The number of nitro benzene ring substituents is 1. The first kappa shape index (κ1) is 15.6. The number of aromatic nitrogens is 3. The normalized spacial score (nSPS) is 19.1. The van der Waals surface area contributed by atoms with Crippen LogP contribution in [0.1, 0.15) is 35.4 Å². The Kier molecular flexibility index (Phi) is 3.83. The van der Waals surface area contributed by atoms with Gasteiger partial charge in [-0.15, -0.1) is 0 Å². The van der Waals surface area contributed by atoms with E-state index in [4.69, 9.17) is 0 Å². The minimum atomic E-state index is -0.458. The molecule has 130 valence electrons. The van der Waals surface area contributed by atoms with Gasteiger partial charge in [0.05, 0.1) is 11.5 Å². The topological polar surface area (TPSA) is 115 Å². The molecule has 0 spiro atoms. The number of nitro groups is 1. The molecule has 1 atom stereocenters. The number of anilines is 1. The predicted octanol–water partition coefficient (Wildman–Crippen LogP) is 1.51. The summed E-state index contributed by atoms with van der Waals surface area (Å²) in [5.41, 5.74) is 0.640. The van der Waals surface area contributed by atoms with Crippen LogP contribution in [0.2, 0.25) is 0 Å². The van der Waals surface area contributed by atoms with Crippen LogP contribution in [0, 0.1) is 10.1 Å². The van der Waals surface area contributed by atoms with E-state index in [9.17, 15) is 14.9 Å². The highest BCUT2D eigenvalue weighted by Crippen LogP contribution is 2.28. The summed E-state index contributed by atoms with van der Waals surface area (Å²) in [5, 5.41) is 21.7. The van der Waals surface area contributed by atoms with Crippen molar-refractivity contribution in [2.75, 3.05) is 5.32 Å². The van der Waals surface area contributed by atoms with Gasteiger partial charge in [0.2, 0.25) is 0 Å². The zero-order chi connectivity index (χ0) is 17.4. The lowest BCUT2D eigenvalue weighted by molar-refractivity contribution is -0.384. The highest BCUT2D eigenvalue weighted by atomic mass is 16.6. The van der Waals surface area contributed by atoms with Crippen molar-refractivity contribution in [2.24, 2.45) is 0 Å². The van der Waals surface area contributed by atoms with Crippen LogP contribution >= 0.6 is 0 Å². The minimum absolute atomic E-state index is 0.0269. The van der Waals surface area contributed by atoms with Gasteiger partial charge in [0.15, 0.2) is 0 Å². The molecule has 2 heterocycles. The summed E-state index contributed by atoms with van der Waals surface area (Å²) in [6.45, 7) is 0.608. The summed E-state index contributed by atoms with van der Waals surface area (Å²) in [5.74, 6) is 0.668. The quantitative estimate of drug-likeness (QED) is 0.628. The highest BCUT2D eigenvalue weighted by Gasteiger charge is 2.26. The Morgan fingerprint density at radius 3 is 2.88 bits per heavy atom. The number of rotatable bonds is 5. The first-order valence-electron chi connectivity index (χ1n) is 8.32. The summed E-state index contributed by atoms with van der Waals surface area (Å²) in [6.07, 6.45) is 5.05. The number of nitrogens with zero attached hydrogens (tertiary/aromatic N) is 4. The average Bonchev–Trinajstić information content (AvgIpc) is 3.29. The zero-order valence-electron chi connectivity index (χ0n) is 13.5. The molecule has 1 fully saturated rings. The van der Waals surface area contributed by atoms with Crippen LogP contribution < -0.4 is 10.6 Å². The van der Waals surface area contributed by atoms with Crippen LogP contribution in [0.3, 0.4) is 0 Å². The fourth-order valence-corrected chi connectivity index (χ4v) is 3.02. The second-order valence-corrected chi connectivity index (χ2v) is 6.48. The van der Waals surface area contributed by atoms with E-state index >= 15 is 0 Å². The number of carbonyl (C=O) groups is 1. The molecule has 1 amide bonds. The maximum absolute atomic E-state index is 12.1. The largest absolute Gasteiger partial charge is 0.375 e. The molecule has 1 aliphatic heterocycles. The number of fused-ring (bicyclic) bond motifs is 1. The first-order chi connectivity index (χ1) is 12.1. The van der Waals surface area contributed by atoms with E-state index in [0.717, 1.165) is 31.5 Å². The molecule has 2 N–H and O–H groups in total. The first-order valence-corrected chi connectivity index (χ1v) is 8.32.